The molecule has 0 amide bonds. The van der Waals surface area contributed by atoms with Gasteiger partial charge in [0.15, 0.2) is 0 Å². The lowest BCUT2D eigenvalue weighted by Gasteiger charge is -2.21. The van der Waals surface area contributed by atoms with E-state index in [0.29, 0.717) is 36.7 Å². The first-order chi connectivity index (χ1) is 20.8. The van der Waals surface area contributed by atoms with Crippen LogP contribution in [0.1, 0.15) is 169 Å². The molecule has 0 aromatic rings. The highest BCUT2D eigenvalue weighted by molar-refractivity contribution is 5.69. The Hall–Kier alpha value is -0.940. The molecule has 5 nitrogen and oxygen atoms in total. The van der Waals surface area contributed by atoms with E-state index in [9.17, 15) is 9.59 Å². The van der Waals surface area contributed by atoms with Crippen LogP contribution in [0.15, 0.2) is 0 Å². The van der Waals surface area contributed by atoms with Crippen molar-refractivity contribution in [2.24, 2.45) is 23.7 Å². The highest BCUT2D eigenvalue weighted by Gasteiger charge is 2.16. The first-order valence-electron chi connectivity index (χ1n) is 18.7. The van der Waals surface area contributed by atoms with Gasteiger partial charge in [-0.25, -0.2) is 0 Å². The first-order valence-corrected chi connectivity index (χ1v) is 18.7. The van der Waals surface area contributed by atoms with Crippen LogP contribution in [0.4, 0.5) is 0 Å². The third-order valence-electron chi connectivity index (χ3n) is 9.17. The lowest BCUT2D eigenvalue weighted by molar-refractivity contribution is -0.145. The van der Waals surface area contributed by atoms with Gasteiger partial charge in [0.05, 0.1) is 6.61 Å². The van der Waals surface area contributed by atoms with Crippen LogP contribution in [0.5, 0.6) is 0 Å². The topological polar surface area (TPSA) is 55.8 Å². The Morgan fingerprint density at radius 3 is 1.79 bits per heavy atom. The molecule has 0 aliphatic rings. The van der Waals surface area contributed by atoms with Gasteiger partial charge in [-0.2, -0.15) is 0 Å². The average Bonchev–Trinajstić information content (AvgIpc) is 2.98. The van der Waals surface area contributed by atoms with Crippen molar-refractivity contribution in [1.29, 1.82) is 0 Å². The number of carbonyl (C=O) groups is 2. The number of nitrogens with zero attached hydrogens (tertiary/aromatic N) is 1. The van der Waals surface area contributed by atoms with Crippen molar-refractivity contribution in [3.63, 3.8) is 0 Å². The number of hydrogen-bond acceptors (Lipinski definition) is 5. The van der Waals surface area contributed by atoms with Crippen molar-refractivity contribution in [2.75, 3.05) is 40.0 Å². The van der Waals surface area contributed by atoms with Gasteiger partial charge in [0.2, 0.25) is 0 Å². The predicted molar refractivity (Wildman–Crippen MR) is 185 cm³/mol. The fourth-order valence-electron chi connectivity index (χ4n) is 5.72. The molecule has 2 unspecified atom stereocenters. The minimum absolute atomic E-state index is 0.00423. The highest BCUT2D eigenvalue weighted by Crippen LogP contribution is 2.22. The van der Waals surface area contributed by atoms with E-state index in [4.69, 9.17) is 9.47 Å². The molecule has 0 fully saturated rings. The summed E-state index contributed by atoms with van der Waals surface area (Å²) >= 11 is 0. The molecule has 0 aliphatic heterocycles. The van der Waals surface area contributed by atoms with Gasteiger partial charge < -0.3 is 19.2 Å². The molecule has 0 aromatic heterocycles. The zero-order valence-electron chi connectivity index (χ0n) is 29.9. The van der Waals surface area contributed by atoms with Gasteiger partial charge in [0.1, 0.15) is 6.29 Å². The summed E-state index contributed by atoms with van der Waals surface area (Å²) in [6.45, 7) is 15.8. The van der Waals surface area contributed by atoms with Crippen molar-refractivity contribution >= 4 is 12.3 Å². The molecule has 256 valence electrons. The molecule has 0 heterocycles. The fraction of sp³-hybridized carbons (Fsp3) is 0.947. The molecular formula is C38H75NO4. The molecule has 0 aromatic carbocycles. The third kappa shape index (κ3) is 29.5. The fourth-order valence-corrected chi connectivity index (χ4v) is 5.72. The number of rotatable bonds is 33. The van der Waals surface area contributed by atoms with Gasteiger partial charge in [-0.1, -0.05) is 118 Å². The van der Waals surface area contributed by atoms with E-state index in [0.717, 1.165) is 71.1 Å². The number of ether oxygens (including phenoxy) is 2. The van der Waals surface area contributed by atoms with Crippen LogP contribution in [0.2, 0.25) is 0 Å². The maximum absolute atomic E-state index is 12.2. The van der Waals surface area contributed by atoms with E-state index in [2.05, 4.69) is 46.6 Å². The molecule has 43 heavy (non-hydrogen) atoms. The van der Waals surface area contributed by atoms with Crippen LogP contribution in [-0.2, 0) is 19.1 Å². The van der Waals surface area contributed by atoms with Crippen LogP contribution in [-0.4, -0.2) is 57.1 Å². The minimum atomic E-state index is -0.00423. The summed E-state index contributed by atoms with van der Waals surface area (Å²) in [5, 5.41) is 0. The Bertz CT molecular complexity index is 609. The summed E-state index contributed by atoms with van der Waals surface area (Å²) in [6, 6.07) is 0. The van der Waals surface area contributed by atoms with Crippen LogP contribution in [0.25, 0.3) is 0 Å². The van der Waals surface area contributed by atoms with E-state index >= 15 is 0 Å². The molecule has 0 rings (SSSR count). The van der Waals surface area contributed by atoms with E-state index < -0.39 is 0 Å². The number of aldehydes is 1. The standard InChI is InChI=1S/C38H75NO4/c1-7-39(6)29-23-31-42-32-36(24-19-15-11-8-9-14-18-22-30-40)25-20-16-12-10-13-17-21-26-38(41)43-33-37(35(4)5)28-27-34(2)3/h30,34-37H,7-29,31-33H2,1-6H3. The Labute approximate surface area is 269 Å². The number of esters is 1. The Kier molecular flexibility index (Phi) is 30.4. The Balaban J connectivity index is 4.02. The highest BCUT2D eigenvalue weighted by atomic mass is 16.5. The Morgan fingerprint density at radius 1 is 0.698 bits per heavy atom. The predicted octanol–water partition coefficient (Wildman–Crippen LogP) is 10.4. The van der Waals surface area contributed by atoms with Gasteiger partial charge in [0.25, 0.3) is 0 Å². The lowest BCUT2D eigenvalue weighted by Crippen LogP contribution is -2.20. The molecule has 0 saturated heterocycles. The summed E-state index contributed by atoms with van der Waals surface area (Å²) < 4.78 is 11.8. The van der Waals surface area contributed by atoms with Crippen molar-refractivity contribution < 1.29 is 19.1 Å². The molecule has 0 radical (unpaired) electrons. The second-order valence-corrected chi connectivity index (χ2v) is 14.1. The summed E-state index contributed by atoms with van der Waals surface area (Å²) in [5.41, 5.74) is 0. The second-order valence-electron chi connectivity index (χ2n) is 14.1. The zero-order chi connectivity index (χ0) is 32.0. The molecule has 0 N–H and O–H groups in total. The van der Waals surface area contributed by atoms with Crippen molar-refractivity contribution in [3.8, 4) is 0 Å². The normalized spacial score (nSPS) is 13.2. The van der Waals surface area contributed by atoms with Gasteiger partial charge in [-0.15, -0.1) is 0 Å². The molecule has 0 bridgehead atoms. The smallest absolute Gasteiger partial charge is 0.305 e. The SMILES string of the molecule is CCN(C)CCCOCC(CCCCCCCCCC=O)CCCCCCCCCC(=O)OCC(CCC(C)C)C(C)C. The van der Waals surface area contributed by atoms with E-state index in [-0.39, 0.29) is 5.97 Å². The third-order valence-corrected chi connectivity index (χ3v) is 9.17. The molecule has 0 saturated carbocycles. The van der Waals surface area contributed by atoms with Crippen LogP contribution in [0.3, 0.4) is 0 Å². The first kappa shape index (κ1) is 42.1. The van der Waals surface area contributed by atoms with E-state index in [1.165, 1.54) is 89.9 Å². The van der Waals surface area contributed by atoms with Crippen molar-refractivity contribution in [2.45, 2.75) is 169 Å². The Morgan fingerprint density at radius 2 is 1.26 bits per heavy atom. The van der Waals surface area contributed by atoms with Crippen molar-refractivity contribution in [1.82, 2.24) is 4.90 Å². The molecule has 0 aliphatic carbocycles. The minimum Gasteiger partial charge on any atom is -0.465 e. The average molecular weight is 610 g/mol. The second kappa shape index (κ2) is 31.1. The summed E-state index contributed by atoms with van der Waals surface area (Å²) in [6.07, 6.45) is 25.8. The number of hydrogen-bond donors (Lipinski definition) is 0. The van der Waals surface area contributed by atoms with Gasteiger partial charge in [-0.3, -0.25) is 4.79 Å². The van der Waals surface area contributed by atoms with Crippen molar-refractivity contribution in [3.05, 3.63) is 0 Å². The maximum atomic E-state index is 12.2. The van der Waals surface area contributed by atoms with Gasteiger partial charge in [-0.05, 0) is 75.8 Å². The molecule has 2 atom stereocenters. The lowest BCUT2D eigenvalue weighted by atomic mass is 9.89. The van der Waals surface area contributed by atoms with E-state index in [1.807, 2.05) is 0 Å². The zero-order valence-corrected chi connectivity index (χ0v) is 29.9. The summed E-state index contributed by atoms with van der Waals surface area (Å²) in [7, 11) is 2.18. The molecule has 5 heteroatoms. The summed E-state index contributed by atoms with van der Waals surface area (Å²) in [5.74, 6) is 2.45. The van der Waals surface area contributed by atoms with Crippen LogP contribution in [0, 0.1) is 23.7 Å². The quantitative estimate of drug-likeness (QED) is 0.0421. The van der Waals surface area contributed by atoms with Crippen LogP contribution >= 0.6 is 0 Å². The monoisotopic (exact) mass is 610 g/mol. The summed E-state index contributed by atoms with van der Waals surface area (Å²) in [4.78, 5) is 25.0. The largest absolute Gasteiger partial charge is 0.465 e. The van der Waals surface area contributed by atoms with Gasteiger partial charge >= 0.3 is 5.97 Å². The van der Waals surface area contributed by atoms with Gasteiger partial charge in [0, 0.05) is 32.6 Å². The number of unbranched alkanes of at least 4 members (excludes halogenated alkanes) is 13. The van der Waals surface area contributed by atoms with E-state index in [1.54, 1.807) is 0 Å². The maximum Gasteiger partial charge on any atom is 0.305 e. The number of carbonyl (C=O) groups excluding carboxylic acids is 2. The molecule has 0 spiro atoms. The van der Waals surface area contributed by atoms with Crippen LogP contribution < -0.4 is 0 Å². The molecular weight excluding hydrogens is 534 g/mol.